The lowest BCUT2D eigenvalue weighted by molar-refractivity contribution is 0.725. The van der Waals surface area contributed by atoms with Crippen LogP contribution in [0.3, 0.4) is 0 Å². The predicted octanol–water partition coefficient (Wildman–Crippen LogP) is 2.57. The minimum absolute atomic E-state index is 0. The SMILES string of the molecule is CN=C(NCc1ccc(C)nc1)NCC1CCCS1.I. The van der Waals surface area contributed by atoms with E-state index < -0.39 is 0 Å². The first kappa shape index (κ1) is 17.6. The summed E-state index contributed by atoms with van der Waals surface area (Å²) in [6, 6.07) is 4.12. The van der Waals surface area contributed by atoms with Gasteiger partial charge in [0.1, 0.15) is 0 Å². The number of pyridine rings is 1. The maximum atomic E-state index is 4.29. The fraction of sp³-hybridized carbons (Fsp3) is 0.571. The van der Waals surface area contributed by atoms with E-state index in [0.717, 1.165) is 30.0 Å². The highest BCUT2D eigenvalue weighted by Gasteiger charge is 2.15. The largest absolute Gasteiger partial charge is 0.355 e. The second-order valence-electron chi connectivity index (χ2n) is 4.75. The minimum Gasteiger partial charge on any atom is -0.355 e. The number of hydrogen-bond acceptors (Lipinski definition) is 3. The van der Waals surface area contributed by atoms with Gasteiger partial charge in [-0.15, -0.1) is 24.0 Å². The molecule has 4 nitrogen and oxygen atoms in total. The first-order valence-electron chi connectivity index (χ1n) is 6.75. The number of halogens is 1. The Kier molecular flexibility index (Phi) is 8.28. The average Bonchev–Trinajstić information content (AvgIpc) is 2.94. The van der Waals surface area contributed by atoms with Gasteiger partial charge < -0.3 is 10.6 Å². The Morgan fingerprint density at radius 1 is 1.45 bits per heavy atom. The summed E-state index contributed by atoms with van der Waals surface area (Å²) in [6.45, 7) is 3.75. The molecular weight excluding hydrogens is 383 g/mol. The van der Waals surface area contributed by atoms with Crippen LogP contribution >= 0.6 is 35.7 Å². The van der Waals surface area contributed by atoms with Crippen LogP contribution in [0.15, 0.2) is 23.3 Å². The zero-order valence-corrected chi connectivity index (χ0v) is 15.2. The third kappa shape index (κ3) is 5.87. The molecule has 0 spiro atoms. The second-order valence-corrected chi connectivity index (χ2v) is 6.16. The smallest absolute Gasteiger partial charge is 0.191 e. The Bertz CT molecular complexity index is 416. The van der Waals surface area contributed by atoms with E-state index in [1.165, 1.54) is 24.2 Å². The van der Waals surface area contributed by atoms with Crippen LogP contribution in [0.25, 0.3) is 0 Å². The van der Waals surface area contributed by atoms with Gasteiger partial charge in [0, 0.05) is 37.3 Å². The molecule has 1 fully saturated rings. The molecule has 1 aromatic heterocycles. The van der Waals surface area contributed by atoms with Crippen LogP contribution in [-0.4, -0.2) is 35.5 Å². The van der Waals surface area contributed by atoms with Crippen LogP contribution in [0.1, 0.15) is 24.1 Å². The highest BCUT2D eigenvalue weighted by Crippen LogP contribution is 2.25. The summed E-state index contributed by atoms with van der Waals surface area (Å²) in [7, 11) is 1.81. The Hall–Kier alpha value is -0.500. The van der Waals surface area contributed by atoms with Crippen LogP contribution in [0, 0.1) is 6.92 Å². The lowest BCUT2D eigenvalue weighted by Gasteiger charge is -2.14. The molecule has 6 heteroatoms. The van der Waals surface area contributed by atoms with Crippen LogP contribution in [0.5, 0.6) is 0 Å². The summed E-state index contributed by atoms with van der Waals surface area (Å²) in [6.07, 6.45) is 4.57. The molecule has 20 heavy (non-hydrogen) atoms. The van der Waals surface area contributed by atoms with Crippen molar-refractivity contribution in [1.82, 2.24) is 15.6 Å². The monoisotopic (exact) mass is 406 g/mol. The first-order chi connectivity index (χ1) is 9.28. The Balaban J connectivity index is 0.00000200. The molecule has 2 N–H and O–H groups in total. The van der Waals surface area contributed by atoms with Crippen molar-refractivity contribution in [3.05, 3.63) is 29.6 Å². The van der Waals surface area contributed by atoms with E-state index in [-0.39, 0.29) is 24.0 Å². The van der Waals surface area contributed by atoms with E-state index in [2.05, 4.69) is 38.4 Å². The van der Waals surface area contributed by atoms with Gasteiger partial charge in [-0.25, -0.2) is 0 Å². The summed E-state index contributed by atoms with van der Waals surface area (Å²) in [5.74, 6) is 2.17. The Morgan fingerprint density at radius 2 is 2.30 bits per heavy atom. The quantitative estimate of drug-likeness (QED) is 0.459. The lowest BCUT2D eigenvalue weighted by Crippen LogP contribution is -2.39. The van der Waals surface area contributed by atoms with E-state index in [1.807, 2.05) is 26.2 Å². The topological polar surface area (TPSA) is 49.3 Å². The molecule has 2 rings (SSSR count). The maximum Gasteiger partial charge on any atom is 0.191 e. The van der Waals surface area contributed by atoms with E-state index in [0.29, 0.717) is 0 Å². The summed E-state index contributed by atoms with van der Waals surface area (Å²) >= 11 is 2.06. The van der Waals surface area contributed by atoms with E-state index >= 15 is 0 Å². The maximum absolute atomic E-state index is 4.29. The summed E-state index contributed by atoms with van der Waals surface area (Å²) in [5.41, 5.74) is 2.22. The van der Waals surface area contributed by atoms with Crippen molar-refractivity contribution < 1.29 is 0 Å². The van der Waals surface area contributed by atoms with E-state index in [9.17, 15) is 0 Å². The van der Waals surface area contributed by atoms with E-state index in [4.69, 9.17) is 0 Å². The molecule has 1 unspecified atom stereocenters. The van der Waals surface area contributed by atoms with Crippen molar-refractivity contribution in [2.24, 2.45) is 4.99 Å². The van der Waals surface area contributed by atoms with Gasteiger partial charge in [-0.05, 0) is 37.1 Å². The van der Waals surface area contributed by atoms with Crippen molar-refractivity contribution in [3.8, 4) is 0 Å². The number of hydrogen-bond donors (Lipinski definition) is 2. The standard InChI is InChI=1S/C14H22N4S.HI/c1-11-5-6-12(8-16-11)9-17-14(15-2)18-10-13-4-3-7-19-13;/h5-6,8,13H,3-4,7,9-10H2,1-2H3,(H2,15,17,18);1H. The number of aromatic nitrogens is 1. The van der Waals surface area contributed by atoms with Gasteiger partial charge in [0.25, 0.3) is 0 Å². The third-order valence-electron chi connectivity index (χ3n) is 3.18. The summed E-state index contributed by atoms with van der Waals surface area (Å²) in [5, 5.41) is 7.45. The number of thioether (sulfide) groups is 1. The van der Waals surface area contributed by atoms with Crippen LogP contribution in [0.4, 0.5) is 0 Å². The fourth-order valence-corrected chi connectivity index (χ4v) is 3.23. The number of aryl methyl sites for hydroxylation is 1. The molecule has 1 aliphatic rings. The molecule has 0 aliphatic carbocycles. The normalized spacial score (nSPS) is 18.5. The molecule has 0 aromatic carbocycles. The number of aliphatic imine (C=N–C) groups is 1. The van der Waals surface area contributed by atoms with Crippen molar-refractivity contribution in [1.29, 1.82) is 0 Å². The molecular formula is C14H23IN4S. The van der Waals surface area contributed by atoms with Gasteiger partial charge in [0.2, 0.25) is 0 Å². The van der Waals surface area contributed by atoms with Crippen LogP contribution in [-0.2, 0) is 6.54 Å². The zero-order chi connectivity index (χ0) is 13.5. The Labute approximate surface area is 142 Å². The molecule has 112 valence electrons. The van der Waals surface area contributed by atoms with Crippen molar-refractivity contribution in [2.45, 2.75) is 31.6 Å². The number of nitrogens with one attached hydrogen (secondary N) is 2. The highest BCUT2D eigenvalue weighted by atomic mass is 127. The molecule has 0 amide bonds. The molecule has 0 bridgehead atoms. The van der Waals surface area contributed by atoms with Crippen molar-refractivity contribution in [2.75, 3.05) is 19.3 Å². The number of guanidine groups is 1. The van der Waals surface area contributed by atoms with Crippen LogP contribution < -0.4 is 10.6 Å². The lowest BCUT2D eigenvalue weighted by atomic mass is 10.2. The van der Waals surface area contributed by atoms with Crippen LogP contribution in [0.2, 0.25) is 0 Å². The van der Waals surface area contributed by atoms with Gasteiger partial charge in [-0.2, -0.15) is 11.8 Å². The Morgan fingerprint density at radius 3 is 2.90 bits per heavy atom. The summed E-state index contributed by atoms with van der Waals surface area (Å²) in [4.78, 5) is 8.53. The van der Waals surface area contributed by atoms with Gasteiger partial charge in [0.05, 0.1) is 0 Å². The number of rotatable bonds is 4. The zero-order valence-electron chi connectivity index (χ0n) is 12.1. The minimum atomic E-state index is 0. The second kappa shape index (κ2) is 9.44. The van der Waals surface area contributed by atoms with Crippen molar-refractivity contribution in [3.63, 3.8) is 0 Å². The molecule has 2 heterocycles. The number of nitrogens with zero attached hydrogens (tertiary/aromatic N) is 2. The average molecular weight is 406 g/mol. The summed E-state index contributed by atoms with van der Waals surface area (Å²) < 4.78 is 0. The van der Waals surface area contributed by atoms with E-state index in [1.54, 1.807) is 0 Å². The third-order valence-corrected chi connectivity index (χ3v) is 4.58. The highest BCUT2D eigenvalue weighted by molar-refractivity contribution is 14.0. The van der Waals surface area contributed by atoms with Gasteiger partial charge in [-0.1, -0.05) is 6.07 Å². The van der Waals surface area contributed by atoms with Gasteiger partial charge in [-0.3, -0.25) is 9.98 Å². The molecule has 1 atom stereocenters. The first-order valence-corrected chi connectivity index (χ1v) is 7.80. The molecule has 1 aliphatic heterocycles. The van der Waals surface area contributed by atoms with Gasteiger partial charge >= 0.3 is 0 Å². The van der Waals surface area contributed by atoms with Crippen molar-refractivity contribution >= 4 is 41.7 Å². The fourth-order valence-electron chi connectivity index (χ4n) is 2.03. The van der Waals surface area contributed by atoms with Gasteiger partial charge in [0.15, 0.2) is 5.96 Å². The molecule has 0 radical (unpaired) electrons. The predicted molar refractivity (Wildman–Crippen MR) is 98.1 cm³/mol. The molecule has 1 aromatic rings. The molecule has 1 saturated heterocycles. The molecule has 0 saturated carbocycles.